The molecule has 0 atom stereocenters. The van der Waals surface area contributed by atoms with Gasteiger partial charge >= 0.3 is 11.9 Å². The van der Waals surface area contributed by atoms with Gasteiger partial charge in [0.2, 0.25) is 0 Å². The SMILES string of the molecule is CC(=O)Oc1c2ccc(I)c(O[Si](C)(C)C(C)(C)C)c2c(OC(C)=O)c2ccc(I)c(O[Si](C)(C)C(C)(C)C)c12. The van der Waals surface area contributed by atoms with E-state index in [2.05, 4.69) is 113 Å². The second-order valence-electron chi connectivity index (χ2n) is 13.2. The highest BCUT2D eigenvalue weighted by molar-refractivity contribution is 14.1. The van der Waals surface area contributed by atoms with Gasteiger partial charge in [-0.05, 0) is 106 Å². The number of halogens is 2. The Kier molecular flexibility index (Phi) is 9.41. The van der Waals surface area contributed by atoms with Crippen LogP contribution in [0.1, 0.15) is 55.4 Å². The summed E-state index contributed by atoms with van der Waals surface area (Å²) in [6.07, 6.45) is 0. The van der Waals surface area contributed by atoms with Gasteiger partial charge < -0.3 is 18.3 Å². The molecule has 0 aliphatic heterocycles. The van der Waals surface area contributed by atoms with Crippen LogP contribution >= 0.6 is 45.2 Å². The van der Waals surface area contributed by atoms with Crippen molar-refractivity contribution in [2.75, 3.05) is 0 Å². The van der Waals surface area contributed by atoms with Crippen molar-refractivity contribution in [1.82, 2.24) is 0 Å². The number of rotatable bonds is 6. The fourth-order valence-electron chi connectivity index (χ4n) is 3.73. The van der Waals surface area contributed by atoms with Gasteiger partial charge in [0.25, 0.3) is 16.6 Å². The van der Waals surface area contributed by atoms with Crippen LogP contribution in [-0.2, 0) is 9.59 Å². The maximum Gasteiger partial charge on any atom is 0.308 e. The highest BCUT2D eigenvalue weighted by atomic mass is 127. The molecule has 0 radical (unpaired) electrons. The van der Waals surface area contributed by atoms with Gasteiger partial charge in [0.05, 0.1) is 17.9 Å². The lowest BCUT2D eigenvalue weighted by Gasteiger charge is -2.38. The summed E-state index contributed by atoms with van der Waals surface area (Å²) in [6.45, 7) is 24.5. The molecule has 0 heterocycles. The lowest BCUT2D eigenvalue weighted by atomic mass is 9.99. The minimum atomic E-state index is -2.32. The Hall–Kier alpha value is -1.39. The van der Waals surface area contributed by atoms with E-state index in [-0.39, 0.29) is 10.1 Å². The zero-order chi connectivity index (χ0) is 30.6. The summed E-state index contributed by atoms with van der Waals surface area (Å²) >= 11 is 4.51. The average Bonchev–Trinajstić information content (AvgIpc) is 2.76. The van der Waals surface area contributed by atoms with E-state index in [1.54, 1.807) is 0 Å². The Balaban J connectivity index is 2.62. The number of esters is 2. The molecule has 0 aromatic heterocycles. The second kappa shape index (κ2) is 11.4. The van der Waals surface area contributed by atoms with E-state index in [0.29, 0.717) is 44.5 Å². The van der Waals surface area contributed by atoms with E-state index < -0.39 is 28.6 Å². The predicted molar refractivity (Wildman–Crippen MR) is 185 cm³/mol. The minimum absolute atomic E-state index is 0.0737. The maximum absolute atomic E-state index is 12.5. The summed E-state index contributed by atoms with van der Waals surface area (Å²) < 4.78 is 27.5. The van der Waals surface area contributed by atoms with Gasteiger partial charge in [-0.15, -0.1) is 0 Å². The maximum atomic E-state index is 12.5. The fourth-order valence-corrected chi connectivity index (χ4v) is 7.32. The molecule has 0 N–H and O–H groups in total. The second-order valence-corrected chi connectivity index (χ2v) is 24.9. The van der Waals surface area contributed by atoms with E-state index in [9.17, 15) is 9.59 Å². The minimum Gasteiger partial charge on any atom is -0.542 e. The smallest absolute Gasteiger partial charge is 0.308 e. The van der Waals surface area contributed by atoms with Crippen LogP contribution < -0.4 is 18.3 Å². The van der Waals surface area contributed by atoms with Gasteiger partial charge in [-0.2, -0.15) is 0 Å². The normalized spacial score (nSPS) is 12.9. The molecule has 218 valence electrons. The average molecular weight is 807 g/mol. The van der Waals surface area contributed by atoms with Crippen molar-refractivity contribution in [2.24, 2.45) is 0 Å². The number of benzene rings is 3. The van der Waals surface area contributed by atoms with Crippen LogP contribution in [0.3, 0.4) is 0 Å². The molecule has 0 aliphatic rings. The van der Waals surface area contributed by atoms with Crippen molar-refractivity contribution in [2.45, 2.75) is 91.7 Å². The zero-order valence-electron chi connectivity index (χ0n) is 25.5. The summed E-state index contributed by atoms with van der Waals surface area (Å²) in [5.41, 5.74) is 0. The molecule has 0 bridgehead atoms. The van der Waals surface area contributed by atoms with Crippen LogP contribution in [0.15, 0.2) is 24.3 Å². The molecule has 0 aliphatic carbocycles. The Morgan fingerprint density at radius 1 is 0.600 bits per heavy atom. The van der Waals surface area contributed by atoms with Gasteiger partial charge in [-0.3, -0.25) is 9.59 Å². The first-order valence-electron chi connectivity index (χ1n) is 13.2. The van der Waals surface area contributed by atoms with Crippen molar-refractivity contribution >= 4 is 95.3 Å². The monoisotopic (exact) mass is 806 g/mol. The molecule has 0 unspecified atom stereocenters. The summed E-state index contributed by atoms with van der Waals surface area (Å²) in [4.78, 5) is 25.1. The van der Waals surface area contributed by atoms with E-state index in [0.717, 1.165) is 7.14 Å². The summed E-state index contributed by atoms with van der Waals surface area (Å²) in [6, 6.07) is 7.70. The Labute approximate surface area is 267 Å². The van der Waals surface area contributed by atoms with Crippen LogP contribution in [0.25, 0.3) is 21.5 Å². The molecule has 6 nitrogen and oxygen atoms in total. The van der Waals surface area contributed by atoms with E-state index in [1.807, 2.05) is 24.3 Å². The third-order valence-corrected chi connectivity index (χ3v) is 18.3. The van der Waals surface area contributed by atoms with E-state index in [1.165, 1.54) is 13.8 Å². The number of hydrogen-bond acceptors (Lipinski definition) is 6. The molecule has 3 aromatic rings. The van der Waals surface area contributed by atoms with Gasteiger partial charge in [-0.25, -0.2) is 0 Å². The predicted octanol–water partition coefficient (Wildman–Crippen LogP) is 9.82. The first-order valence-corrected chi connectivity index (χ1v) is 21.2. The summed E-state index contributed by atoms with van der Waals surface area (Å²) in [5.74, 6) is 1.09. The molecule has 0 saturated carbocycles. The molecular formula is C30H40I2O6Si2. The topological polar surface area (TPSA) is 71.1 Å². The van der Waals surface area contributed by atoms with Crippen molar-refractivity contribution in [3.8, 4) is 23.0 Å². The first-order chi connectivity index (χ1) is 18.1. The third kappa shape index (κ3) is 6.49. The van der Waals surface area contributed by atoms with Crippen LogP contribution in [0.4, 0.5) is 0 Å². The first kappa shape index (κ1) is 33.1. The standard InChI is InChI=1S/C30H40I2O6Si2/c1-17(33)35-25-19-13-15-22(32)28(38-40(11,12)30(6,7)8)24(19)26(36-18(2)34)20-14-16-21(31)27(23(20)25)37-39(9,10)29(3,4)5/h13-16H,1-12H3. The largest absolute Gasteiger partial charge is 0.542 e. The van der Waals surface area contributed by atoms with Crippen LogP contribution in [0.2, 0.25) is 36.3 Å². The zero-order valence-corrected chi connectivity index (χ0v) is 31.8. The molecule has 0 fully saturated rings. The lowest BCUT2D eigenvalue weighted by Crippen LogP contribution is -2.44. The molecule has 3 aromatic carbocycles. The molecular weight excluding hydrogens is 766 g/mol. The Morgan fingerprint density at radius 3 is 1.15 bits per heavy atom. The number of ether oxygens (including phenoxy) is 2. The van der Waals surface area contributed by atoms with Crippen LogP contribution in [-0.4, -0.2) is 28.6 Å². The van der Waals surface area contributed by atoms with Crippen molar-refractivity contribution in [1.29, 1.82) is 0 Å². The Bertz CT molecular complexity index is 1390. The lowest BCUT2D eigenvalue weighted by molar-refractivity contribution is -0.132. The highest BCUT2D eigenvalue weighted by Crippen LogP contribution is 2.53. The van der Waals surface area contributed by atoms with Gasteiger partial charge in [0.1, 0.15) is 11.5 Å². The van der Waals surface area contributed by atoms with Crippen LogP contribution in [0, 0.1) is 7.14 Å². The fraction of sp³-hybridized carbons (Fsp3) is 0.467. The van der Waals surface area contributed by atoms with Crippen LogP contribution in [0.5, 0.6) is 23.0 Å². The van der Waals surface area contributed by atoms with Gasteiger partial charge in [0, 0.05) is 24.6 Å². The number of fused-ring (bicyclic) bond motifs is 2. The molecule has 40 heavy (non-hydrogen) atoms. The van der Waals surface area contributed by atoms with Crippen molar-refractivity contribution in [3.63, 3.8) is 0 Å². The van der Waals surface area contributed by atoms with E-state index >= 15 is 0 Å². The molecule has 0 saturated heterocycles. The number of carbonyl (C=O) groups excluding carboxylic acids is 2. The quantitative estimate of drug-likeness (QED) is 0.0813. The van der Waals surface area contributed by atoms with Gasteiger partial charge in [0.15, 0.2) is 11.5 Å². The highest BCUT2D eigenvalue weighted by Gasteiger charge is 2.42. The summed E-state index contributed by atoms with van der Waals surface area (Å²) in [7, 11) is -4.64. The molecule has 3 rings (SSSR count). The van der Waals surface area contributed by atoms with Crippen molar-refractivity contribution in [3.05, 3.63) is 31.4 Å². The molecule has 0 spiro atoms. The number of hydrogen-bond donors (Lipinski definition) is 0. The third-order valence-electron chi connectivity index (χ3n) is 7.98. The molecule has 10 heteroatoms. The number of carbonyl (C=O) groups is 2. The van der Waals surface area contributed by atoms with Gasteiger partial charge in [-0.1, -0.05) is 41.5 Å². The molecule has 0 amide bonds. The van der Waals surface area contributed by atoms with E-state index in [4.69, 9.17) is 18.3 Å². The Morgan fingerprint density at radius 2 is 0.900 bits per heavy atom. The van der Waals surface area contributed by atoms with Crippen molar-refractivity contribution < 1.29 is 27.9 Å². The summed E-state index contributed by atoms with van der Waals surface area (Å²) in [5, 5.41) is 2.31.